The Balaban J connectivity index is 2.48. The maximum Gasteiger partial charge on any atom is 0.175 e. The molecule has 10 heteroatoms. The van der Waals surface area contributed by atoms with Gasteiger partial charge in [-0.25, -0.2) is 35.1 Å². The molecule has 0 aliphatic heterocycles. The van der Waals surface area contributed by atoms with E-state index in [0.717, 1.165) is 0 Å². The highest BCUT2D eigenvalue weighted by Gasteiger charge is 2.26. The highest BCUT2D eigenvalue weighted by atomic mass is 32.1. The fourth-order valence-corrected chi connectivity index (χ4v) is 2.41. The summed E-state index contributed by atoms with van der Waals surface area (Å²) in [5.74, 6) is -14.4. The summed E-state index contributed by atoms with van der Waals surface area (Å²) in [7, 11) is 0. The van der Waals surface area contributed by atoms with Gasteiger partial charge < -0.3 is 0 Å². The van der Waals surface area contributed by atoms with E-state index in [1.807, 2.05) is 0 Å². The van der Waals surface area contributed by atoms with Gasteiger partial charge in [0.05, 0.1) is 9.79 Å². The molecule has 0 N–H and O–H groups in total. The highest BCUT2D eigenvalue weighted by Crippen LogP contribution is 2.30. The minimum atomic E-state index is -1.81. The summed E-state index contributed by atoms with van der Waals surface area (Å²) in [5, 5.41) is 0. The first-order valence-corrected chi connectivity index (χ1v) is 7.06. The van der Waals surface area contributed by atoms with E-state index in [1.165, 1.54) is 0 Å². The number of benzene rings is 2. The Bertz CT molecular complexity index is 707. The summed E-state index contributed by atoms with van der Waals surface area (Å²) in [6, 6.07) is 0. The van der Waals surface area contributed by atoms with Crippen LogP contribution in [0, 0.1) is 46.5 Å². The Kier molecular flexibility index (Phi) is 5.38. The summed E-state index contributed by atoms with van der Waals surface area (Å²) in [4.78, 5) is -2.41. The van der Waals surface area contributed by atoms with Crippen LogP contribution in [0.3, 0.4) is 0 Å². The van der Waals surface area contributed by atoms with Crippen molar-refractivity contribution in [2.24, 2.45) is 0 Å². The summed E-state index contributed by atoms with van der Waals surface area (Å²) in [6.45, 7) is 0. The van der Waals surface area contributed by atoms with Gasteiger partial charge >= 0.3 is 0 Å². The number of thiol groups is 2. The first-order valence-electron chi connectivity index (χ1n) is 6.17. The molecule has 0 nitrogen and oxygen atoms in total. The van der Waals surface area contributed by atoms with E-state index in [9.17, 15) is 35.1 Å². The fraction of sp³-hybridized carbons (Fsp3) is 0.143. The van der Waals surface area contributed by atoms with Gasteiger partial charge in [0.25, 0.3) is 0 Å². The molecule has 0 spiro atoms. The van der Waals surface area contributed by atoms with Crippen LogP contribution in [0.25, 0.3) is 0 Å². The smallest absolute Gasteiger partial charge is 0.175 e. The van der Waals surface area contributed by atoms with Crippen molar-refractivity contribution >= 4 is 25.3 Å². The molecule has 2 rings (SSSR count). The summed E-state index contributed by atoms with van der Waals surface area (Å²) in [6.07, 6.45) is -1.92. The van der Waals surface area contributed by atoms with E-state index >= 15 is 0 Å². The molecule has 0 aliphatic rings. The van der Waals surface area contributed by atoms with Gasteiger partial charge in [-0.15, -0.1) is 25.3 Å². The lowest BCUT2D eigenvalue weighted by atomic mass is 10.0. The van der Waals surface area contributed by atoms with Gasteiger partial charge in [0.15, 0.2) is 46.5 Å². The highest BCUT2D eigenvalue weighted by molar-refractivity contribution is 7.80. The van der Waals surface area contributed by atoms with Gasteiger partial charge in [-0.2, -0.15) is 0 Å². The molecule has 0 amide bonds. The molecule has 2 aromatic carbocycles. The third-order valence-electron chi connectivity index (χ3n) is 3.29. The molecule has 0 bridgehead atoms. The van der Waals surface area contributed by atoms with Crippen LogP contribution >= 0.6 is 25.3 Å². The van der Waals surface area contributed by atoms with Crippen LogP contribution in [0.5, 0.6) is 0 Å². The van der Waals surface area contributed by atoms with Crippen molar-refractivity contribution in [1.82, 2.24) is 0 Å². The van der Waals surface area contributed by atoms with Gasteiger partial charge in [0.1, 0.15) is 0 Å². The molecule has 0 saturated carbocycles. The minimum absolute atomic E-state index is 0.960. The zero-order valence-electron chi connectivity index (χ0n) is 11.3. The van der Waals surface area contributed by atoms with E-state index in [2.05, 4.69) is 25.3 Å². The van der Waals surface area contributed by atoms with Crippen LogP contribution in [-0.2, 0) is 12.8 Å². The molecule has 0 atom stereocenters. The Labute approximate surface area is 141 Å². The Morgan fingerprint density at radius 2 is 0.625 bits per heavy atom. The van der Waals surface area contributed by atoms with Crippen LogP contribution < -0.4 is 0 Å². The maximum absolute atomic E-state index is 13.7. The summed E-state index contributed by atoms with van der Waals surface area (Å²) >= 11 is 6.50. The summed E-state index contributed by atoms with van der Waals surface area (Å²) in [5.41, 5.74) is -2.34. The topological polar surface area (TPSA) is 0 Å². The number of hydrogen-bond donors (Lipinski definition) is 2. The Morgan fingerprint density at radius 3 is 0.833 bits per heavy atom. The Morgan fingerprint density at radius 1 is 0.417 bits per heavy atom. The van der Waals surface area contributed by atoms with E-state index in [-0.39, 0.29) is 0 Å². The van der Waals surface area contributed by atoms with Crippen molar-refractivity contribution in [3.8, 4) is 0 Å². The Hall–Kier alpha value is -1.42. The average molecular weight is 390 g/mol. The van der Waals surface area contributed by atoms with Gasteiger partial charge in [0, 0.05) is 11.1 Å². The third-order valence-corrected chi connectivity index (χ3v) is 4.07. The molecule has 2 aromatic rings. The van der Waals surface area contributed by atoms with Crippen molar-refractivity contribution in [3.05, 3.63) is 57.7 Å². The number of halogens is 8. The van der Waals surface area contributed by atoms with Crippen molar-refractivity contribution in [3.63, 3.8) is 0 Å². The van der Waals surface area contributed by atoms with Crippen LogP contribution in [0.2, 0.25) is 0 Å². The predicted octanol–water partition coefficient (Wildman–Crippen LogP) is 5.16. The second-order valence-corrected chi connectivity index (χ2v) is 5.56. The monoisotopic (exact) mass is 390 g/mol. The predicted molar refractivity (Wildman–Crippen MR) is 74.5 cm³/mol. The van der Waals surface area contributed by atoms with E-state index in [4.69, 9.17) is 0 Å². The van der Waals surface area contributed by atoms with Crippen molar-refractivity contribution in [2.75, 3.05) is 0 Å². The fourth-order valence-electron chi connectivity index (χ4n) is 2.02. The second kappa shape index (κ2) is 6.83. The standard InChI is InChI=1S/C14H6F8S2/c15-5-3(6(16)10(20)13(23)9(5)19)1-2-4-7(17)11(21)14(24)12(22)8(4)18/h23-24H,1-2H2. The molecule has 0 fully saturated rings. The van der Waals surface area contributed by atoms with Crippen molar-refractivity contribution in [2.45, 2.75) is 22.6 Å². The average Bonchev–Trinajstić information content (AvgIpc) is 2.57. The van der Waals surface area contributed by atoms with Crippen LogP contribution in [0.15, 0.2) is 9.79 Å². The molecule has 130 valence electrons. The van der Waals surface area contributed by atoms with Gasteiger partial charge in [0.2, 0.25) is 0 Å². The number of hydrogen-bond acceptors (Lipinski definition) is 2. The van der Waals surface area contributed by atoms with Crippen molar-refractivity contribution in [1.29, 1.82) is 0 Å². The maximum atomic E-state index is 13.7. The number of rotatable bonds is 3. The minimum Gasteiger partial charge on any atom is -0.203 e. The third kappa shape index (κ3) is 2.97. The normalized spacial score (nSPS) is 11.2. The molecule has 0 saturated heterocycles. The molecular weight excluding hydrogens is 384 g/mol. The zero-order chi connectivity index (χ0) is 18.3. The quantitative estimate of drug-likeness (QED) is 0.404. The van der Waals surface area contributed by atoms with Gasteiger partial charge in [-0.1, -0.05) is 0 Å². The van der Waals surface area contributed by atoms with Crippen LogP contribution in [0.4, 0.5) is 35.1 Å². The zero-order valence-corrected chi connectivity index (χ0v) is 13.1. The molecular formula is C14H6F8S2. The van der Waals surface area contributed by atoms with E-state index < -0.39 is 80.3 Å². The van der Waals surface area contributed by atoms with Crippen LogP contribution in [0.1, 0.15) is 11.1 Å². The lowest BCUT2D eigenvalue weighted by Crippen LogP contribution is -2.10. The second-order valence-electron chi connectivity index (χ2n) is 4.67. The van der Waals surface area contributed by atoms with Gasteiger partial charge in [-0.05, 0) is 12.8 Å². The van der Waals surface area contributed by atoms with E-state index in [0.29, 0.717) is 0 Å². The molecule has 24 heavy (non-hydrogen) atoms. The van der Waals surface area contributed by atoms with Crippen LogP contribution in [-0.4, -0.2) is 0 Å². The summed E-state index contributed by atoms with van der Waals surface area (Å²) < 4.78 is 108. The first-order chi connectivity index (χ1) is 11.1. The van der Waals surface area contributed by atoms with E-state index in [1.54, 1.807) is 0 Å². The first kappa shape index (κ1) is 18.9. The SMILES string of the molecule is Fc1c(F)c(CCc2c(F)c(F)c(S)c(F)c2F)c(F)c(F)c1S. The molecule has 0 unspecified atom stereocenters. The largest absolute Gasteiger partial charge is 0.203 e. The molecule has 0 aromatic heterocycles. The molecule has 0 radical (unpaired) electrons. The lowest BCUT2D eigenvalue weighted by molar-refractivity contribution is 0.404. The molecule has 0 aliphatic carbocycles. The van der Waals surface area contributed by atoms with Gasteiger partial charge in [-0.3, -0.25) is 0 Å². The lowest BCUT2D eigenvalue weighted by Gasteiger charge is -2.11. The molecule has 0 heterocycles. The van der Waals surface area contributed by atoms with Crippen molar-refractivity contribution < 1.29 is 35.1 Å².